The van der Waals surface area contributed by atoms with Crippen molar-refractivity contribution in [3.63, 3.8) is 0 Å². The highest BCUT2D eigenvalue weighted by atomic mass is 16.5. The second-order valence-electron chi connectivity index (χ2n) is 6.54. The smallest absolute Gasteiger partial charge is 0.303 e. The molecule has 3 nitrogen and oxygen atoms in total. The van der Waals surface area contributed by atoms with Crippen LogP contribution in [0.3, 0.4) is 0 Å². The van der Waals surface area contributed by atoms with Gasteiger partial charge in [0.25, 0.3) is 0 Å². The van der Waals surface area contributed by atoms with Crippen LogP contribution in [0.2, 0.25) is 0 Å². The minimum atomic E-state index is -0.159. The van der Waals surface area contributed by atoms with Crippen molar-refractivity contribution in [3.8, 4) is 0 Å². The molecule has 1 aromatic rings. The third kappa shape index (κ3) is 1.59. The molecule has 4 rings (SSSR count). The van der Waals surface area contributed by atoms with Gasteiger partial charge in [-0.1, -0.05) is 24.3 Å². The zero-order valence-electron chi connectivity index (χ0n) is 12.1. The Balaban J connectivity index is 1.79. The molecule has 2 aliphatic heterocycles. The molecule has 2 heterocycles. The number of hydrogen-bond donors (Lipinski definition) is 0. The normalized spacial score (nSPS) is 38.4. The van der Waals surface area contributed by atoms with E-state index in [0.717, 1.165) is 0 Å². The first kappa shape index (κ1) is 12.4. The zero-order valence-corrected chi connectivity index (χ0v) is 12.1. The molecule has 0 amide bonds. The Morgan fingerprint density at radius 2 is 2.00 bits per heavy atom. The molecule has 5 atom stereocenters. The van der Waals surface area contributed by atoms with Crippen LogP contribution in [0.25, 0.3) is 0 Å². The van der Waals surface area contributed by atoms with E-state index >= 15 is 0 Å². The Labute approximate surface area is 119 Å². The van der Waals surface area contributed by atoms with Gasteiger partial charge in [0.15, 0.2) is 0 Å². The number of carbonyl (C=O) groups excluding carboxylic acids is 1. The first-order chi connectivity index (χ1) is 9.66. The minimum Gasteiger partial charge on any atom is -0.457 e. The van der Waals surface area contributed by atoms with Gasteiger partial charge in [0.05, 0.1) is 0 Å². The highest BCUT2D eigenvalue weighted by Gasteiger charge is 2.54. The van der Waals surface area contributed by atoms with E-state index in [9.17, 15) is 4.79 Å². The van der Waals surface area contributed by atoms with Crippen LogP contribution >= 0.6 is 0 Å². The summed E-state index contributed by atoms with van der Waals surface area (Å²) in [6.07, 6.45) is 3.71. The van der Waals surface area contributed by atoms with E-state index < -0.39 is 0 Å². The van der Waals surface area contributed by atoms with E-state index in [1.165, 1.54) is 37.3 Å². The lowest BCUT2D eigenvalue weighted by Crippen LogP contribution is -2.46. The summed E-state index contributed by atoms with van der Waals surface area (Å²) in [6.45, 7) is 1.53. The average molecular weight is 271 g/mol. The SMILES string of the molecule is CC(=O)O[C@H]1c2ccccc2[C@H]2C[C@@H]3CC[C@H]([C@H]21)N3C. The van der Waals surface area contributed by atoms with Crippen molar-refractivity contribution in [1.82, 2.24) is 4.90 Å². The van der Waals surface area contributed by atoms with Crippen LogP contribution < -0.4 is 0 Å². The molecule has 2 saturated heterocycles. The second-order valence-corrected chi connectivity index (χ2v) is 6.54. The fourth-order valence-corrected chi connectivity index (χ4v) is 4.89. The van der Waals surface area contributed by atoms with E-state index in [2.05, 4.69) is 36.2 Å². The molecule has 106 valence electrons. The van der Waals surface area contributed by atoms with Crippen LogP contribution in [0.4, 0.5) is 0 Å². The monoisotopic (exact) mass is 271 g/mol. The van der Waals surface area contributed by atoms with Crippen LogP contribution in [-0.4, -0.2) is 30.0 Å². The van der Waals surface area contributed by atoms with Crippen molar-refractivity contribution >= 4 is 5.97 Å². The molecule has 1 aliphatic carbocycles. The Hall–Kier alpha value is -1.35. The number of carbonyl (C=O) groups is 1. The molecule has 3 heteroatoms. The van der Waals surface area contributed by atoms with Crippen LogP contribution in [0.15, 0.2) is 24.3 Å². The fourth-order valence-electron chi connectivity index (χ4n) is 4.89. The van der Waals surface area contributed by atoms with E-state index in [-0.39, 0.29) is 12.1 Å². The molecule has 0 unspecified atom stereocenters. The van der Waals surface area contributed by atoms with Gasteiger partial charge in [0, 0.05) is 24.9 Å². The molecule has 2 fully saturated rings. The zero-order chi connectivity index (χ0) is 13.9. The summed E-state index contributed by atoms with van der Waals surface area (Å²) < 4.78 is 5.74. The highest BCUT2D eigenvalue weighted by molar-refractivity contribution is 5.66. The van der Waals surface area contributed by atoms with Crippen molar-refractivity contribution in [3.05, 3.63) is 35.4 Å². The van der Waals surface area contributed by atoms with Gasteiger partial charge in [-0.05, 0) is 43.4 Å². The standard InChI is InChI=1S/C17H21NO2/c1-10(19)20-17-13-6-4-3-5-12(13)14-9-11-7-8-15(16(14)17)18(11)2/h3-6,11,14-17H,7-9H2,1-2H3/t11-,14+,15+,16-,17-/m0/s1. The summed E-state index contributed by atoms with van der Waals surface area (Å²) >= 11 is 0. The van der Waals surface area contributed by atoms with Crippen molar-refractivity contribution in [2.75, 3.05) is 7.05 Å². The minimum absolute atomic E-state index is 0.0415. The number of hydrogen-bond acceptors (Lipinski definition) is 3. The number of benzene rings is 1. The Morgan fingerprint density at radius 3 is 2.75 bits per heavy atom. The number of ether oxygens (including phenoxy) is 1. The topological polar surface area (TPSA) is 29.5 Å². The van der Waals surface area contributed by atoms with Gasteiger partial charge in [0.1, 0.15) is 6.10 Å². The first-order valence-corrected chi connectivity index (χ1v) is 7.65. The average Bonchev–Trinajstić information content (AvgIpc) is 2.84. The van der Waals surface area contributed by atoms with Crippen molar-refractivity contribution in [1.29, 1.82) is 0 Å². The largest absolute Gasteiger partial charge is 0.457 e. The van der Waals surface area contributed by atoms with E-state index in [0.29, 0.717) is 23.9 Å². The molecule has 0 aromatic heterocycles. The van der Waals surface area contributed by atoms with E-state index in [4.69, 9.17) is 4.74 Å². The summed E-state index contributed by atoms with van der Waals surface area (Å²) in [6, 6.07) is 9.85. The lowest BCUT2D eigenvalue weighted by Gasteiger charge is -2.41. The molecule has 0 spiro atoms. The Morgan fingerprint density at radius 1 is 1.25 bits per heavy atom. The summed E-state index contributed by atoms with van der Waals surface area (Å²) in [7, 11) is 2.24. The van der Waals surface area contributed by atoms with Crippen LogP contribution in [-0.2, 0) is 9.53 Å². The number of nitrogens with zero attached hydrogens (tertiary/aromatic N) is 1. The lowest BCUT2D eigenvalue weighted by molar-refractivity contribution is -0.151. The Kier molecular flexibility index (Phi) is 2.68. The summed E-state index contributed by atoms with van der Waals surface area (Å²) in [4.78, 5) is 14.1. The molecule has 2 bridgehead atoms. The van der Waals surface area contributed by atoms with E-state index in [1.807, 2.05) is 0 Å². The van der Waals surface area contributed by atoms with Crippen LogP contribution in [0.5, 0.6) is 0 Å². The summed E-state index contributed by atoms with van der Waals surface area (Å²) in [5, 5.41) is 0. The van der Waals surface area contributed by atoms with Crippen molar-refractivity contribution in [2.45, 2.75) is 50.3 Å². The van der Waals surface area contributed by atoms with Gasteiger partial charge < -0.3 is 4.74 Å². The van der Waals surface area contributed by atoms with Gasteiger partial charge >= 0.3 is 5.97 Å². The fraction of sp³-hybridized carbons (Fsp3) is 0.588. The van der Waals surface area contributed by atoms with Crippen molar-refractivity contribution < 1.29 is 9.53 Å². The molecule has 1 aromatic carbocycles. The predicted octanol–water partition coefficient (Wildman–Crippen LogP) is 2.87. The lowest BCUT2D eigenvalue weighted by atomic mass is 9.80. The van der Waals surface area contributed by atoms with Gasteiger partial charge in [0.2, 0.25) is 0 Å². The second kappa shape index (κ2) is 4.32. The van der Waals surface area contributed by atoms with Crippen LogP contribution in [0, 0.1) is 5.92 Å². The molecule has 0 saturated carbocycles. The maximum absolute atomic E-state index is 11.5. The van der Waals surface area contributed by atoms with E-state index in [1.54, 1.807) is 0 Å². The summed E-state index contributed by atoms with van der Waals surface area (Å²) in [5.41, 5.74) is 2.67. The molecule has 20 heavy (non-hydrogen) atoms. The van der Waals surface area contributed by atoms with Crippen LogP contribution in [0.1, 0.15) is 49.3 Å². The molecule has 3 aliphatic rings. The maximum atomic E-state index is 11.5. The van der Waals surface area contributed by atoms with Gasteiger partial charge in [-0.25, -0.2) is 0 Å². The Bertz CT molecular complexity index is 556. The molecular weight excluding hydrogens is 250 g/mol. The number of piperidine rings is 1. The van der Waals surface area contributed by atoms with Gasteiger partial charge in [-0.15, -0.1) is 0 Å². The third-order valence-corrected chi connectivity index (χ3v) is 5.67. The molecule has 0 N–H and O–H groups in total. The van der Waals surface area contributed by atoms with Gasteiger partial charge in [-0.3, -0.25) is 9.69 Å². The first-order valence-electron chi connectivity index (χ1n) is 7.65. The number of esters is 1. The third-order valence-electron chi connectivity index (χ3n) is 5.67. The maximum Gasteiger partial charge on any atom is 0.303 e. The number of rotatable bonds is 1. The number of fused-ring (bicyclic) bond motifs is 6. The summed E-state index contributed by atoms with van der Waals surface area (Å²) in [5.74, 6) is 0.859. The predicted molar refractivity (Wildman–Crippen MR) is 76.4 cm³/mol. The quantitative estimate of drug-likeness (QED) is 0.736. The molecule has 0 radical (unpaired) electrons. The van der Waals surface area contributed by atoms with Gasteiger partial charge in [-0.2, -0.15) is 0 Å². The molecular formula is C17H21NO2. The highest BCUT2D eigenvalue weighted by Crippen LogP contribution is 2.57. The van der Waals surface area contributed by atoms with Crippen molar-refractivity contribution in [2.24, 2.45) is 5.92 Å².